The largest absolute Gasteiger partial charge is 0.358 e. The molecule has 4 heteroatoms. The summed E-state index contributed by atoms with van der Waals surface area (Å²) in [5.74, 6) is -0.122. The van der Waals surface area contributed by atoms with Crippen LogP contribution in [0.3, 0.4) is 0 Å². The van der Waals surface area contributed by atoms with Crippen molar-refractivity contribution in [3.8, 4) is 0 Å². The average Bonchev–Trinajstić information content (AvgIpc) is 2.50. The molecule has 1 aromatic carbocycles. The molecule has 0 radical (unpaired) electrons. The molecule has 0 atom stereocenters. The number of nitrogens with one attached hydrogen (secondary N) is 1. The van der Waals surface area contributed by atoms with Crippen LogP contribution in [0.4, 0.5) is 10.1 Å². The molecule has 0 spiro atoms. The van der Waals surface area contributed by atoms with Crippen LogP contribution < -0.4 is 9.80 Å². The Morgan fingerprint density at radius 3 is 2.60 bits per heavy atom. The van der Waals surface area contributed by atoms with Crippen molar-refractivity contribution >= 4 is 5.69 Å². The minimum Gasteiger partial charge on any atom is -0.358 e. The Morgan fingerprint density at radius 2 is 1.90 bits per heavy atom. The molecule has 0 amide bonds. The predicted octanol–water partition coefficient (Wildman–Crippen LogP) is 1.13. The van der Waals surface area contributed by atoms with Gasteiger partial charge in [0.05, 0.1) is 31.9 Å². The van der Waals surface area contributed by atoms with Gasteiger partial charge in [-0.15, -0.1) is 0 Å². The molecule has 2 aromatic rings. The molecule has 0 unspecified atom stereocenters. The van der Waals surface area contributed by atoms with Crippen molar-refractivity contribution in [2.45, 2.75) is 6.54 Å². The molecular weight excluding hydrogens is 253 g/mol. The second kappa shape index (κ2) is 6.01. The van der Waals surface area contributed by atoms with Gasteiger partial charge in [0.25, 0.3) is 0 Å². The van der Waals surface area contributed by atoms with E-state index >= 15 is 0 Å². The summed E-state index contributed by atoms with van der Waals surface area (Å²) in [6.45, 7) is 4.86. The van der Waals surface area contributed by atoms with Crippen LogP contribution in [0.1, 0.15) is 5.56 Å². The van der Waals surface area contributed by atoms with Gasteiger partial charge in [-0.05, 0) is 18.2 Å². The number of pyridine rings is 1. The van der Waals surface area contributed by atoms with Gasteiger partial charge in [-0.25, -0.2) is 4.39 Å². The molecule has 3 nitrogen and oxygen atoms in total. The Morgan fingerprint density at radius 1 is 1.10 bits per heavy atom. The van der Waals surface area contributed by atoms with Crippen molar-refractivity contribution in [3.63, 3.8) is 0 Å². The minimum atomic E-state index is -0.122. The van der Waals surface area contributed by atoms with Crippen LogP contribution in [0.25, 0.3) is 0 Å². The molecule has 1 aromatic heterocycles. The SMILES string of the molecule is Fc1ccccc1N1CC[NH+](Cc2cccnc2)CC1. The highest BCUT2D eigenvalue weighted by Gasteiger charge is 2.21. The number of rotatable bonds is 3. The van der Waals surface area contributed by atoms with Gasteiger partial charge >= 0.3 is 0 Å². The Bertz CT molecular complexity index is 551. The third-order valence-electron chi connectivity index (χ3n) is 3.84. The molecule has 0 aliphatic carbocycles. The van der Waals surface area contributed by atoms with E-state index in [1.165, 1.54) is 16.5 Å². The summed E-state index contributed by atoms with van der Waals surface area (Å²) in [5.41, 5.74) is 2.00. The van der Waals surface area contributed by atoms with Crippen LogP contribution >= 0.6 is 0 Å². The molecule has 104 valence electrons. The zero-order valence-electron chi connectivity index (χ0n) is 11.4. The molecule has 2 heterocycles. The van der Waals surface area contributed by atoms with Crippen LogP contribution in [0.5, 0.6) is 0 Å². The number of quaternary nitrogens is 1. The summed E-state index contributed by atoms with van der Waals surface area (Å²) in [6, 6.07) is 11.1. The van der Waals surface area contributed by atoms with E-state index in [1.54, 1.807) is 12.3 Å². The summed E-state index contributed by atoms with van der Waals surface area (Å²) < 4.78 is 13.8. The maximum Gasteiger partial charge on any atom is 0.146 e. The van der Waals surface area contributed by atoms with E-state index < -0.39 is 0 Å². The Labute approximate surface area is 118 Å². The first-order chi connectivity index (χ1) is 9.83. The first-order valence-corrected chi connectivity index (χ1v) is 7.05. The van der Waals surface area contributed by atoms with Gasteiger partial charge in [-0.2, -0.15) is 0 Å². The van der Waals surface area contributed by atoms with Crippen molar-refractivity contribution < 1.29 is 9.29 Å². The summed E-state index contributed by atoms with van der Waals surface area (Å²) in [5, 5.41) is 0. The van der Waals surface area contributed by atoms with Crippen LogP contribution in [0, 0.1) is 5.82 Å². The maximum atomic E-state index is 13.8. The Balaban J connectivity index is 1.59. The third-order valence-corrected chi connectivity index (χ3v) is 3.84. The fraction of sp³-hybridized carbons (Fsp3) is 0.312. The highest BCUT2D eigenvalue weighted by molar-refractivity contribution is 5.47. The Hall–Kier alpha value is -1.94. The van der Waals surface area contributed by atoms with Gasteiger partial charge in [0, 0.05) is 18.0 Å². The number of piperazine rings is 1. The van der Waals surface area contributed by atoms with Gasteiger partial charge in [0.2, 0.25) is 0 Å². The second-order valence-electron chi connectivity index (χ2n) is 5.23. The van der Waals surface area contributed by atoms with Crippen molar-refractivity contribution in [3.05, 3.63) is 60.2 Å². The van der Waals surface area contributed by atoms with E-state index in [2.05, 4.69) is 16.0 Å². The normalized spacial score (nSPS) is 16.4. The van der Waals surface area contributed by atoms with Crippen molar-refractivity contribution in [1.29, 1.82) is 0 Å². The van der Waals surface area contributed by atoms with Crippen LogP contribution in [-0.2, 0) is 6.54 Å². The fourth-order valence-corrected chi connectivity index (χ4v) is 2.74. The number of anilines is 1. The molecule has 20 heavy (non-hydrogen) atoms. The van der Waals surface area contributed by atoms with Gasteiger partial charge in [0.15, 0.2) is 0 Å². The summed E-state index contributed by atoms with van der Waals surface area (Å²) >= 11 is 0. The average molecular weight is 272 g/mol. The van der Waals surface area contributed by atoms with Crippen LogP contribution in [0.2, 0.25) is 0 Å². The third kappa shape index (κ3) is 2.96. The van der Waals surface area contributed by atoms with Crippen molar-refractivity contribution in [1.82, 2.24) is 4.98 Å². The number of para-hydroxylation sites is 1. The van der Waals surface area contributed by atoms with Crippen molar-refractivity contribution in [2.24, 2.45) is 0 Å². The molecule has 0 bridgehead atoms. The number of nitrogens with zero attached hydrogens (tertiary/aromatic N) is 2. The molecule has 1 aliphatic rings. The van der Waals surface area contributed by atoms with E-state index in [9.17, 15) is 4.39 Å². The van der Waals surface area contributed by atoms with Gasteiger partial charge in [-0.3, -0.25) is 4.98 Å². The molecule has 3 rings (SSSR count). The van der Waals surface area contributed by atoms with E-state index in [1.807, 2.05) is 24.4 Å². The van der Waals surface area contributed by atoms with E-state index in [0.717, 1.165) is 38.4 Å². The quantitative estimate of drug-likeness (QED) is 0.904. The summed E-state index contributed by atoms with van der Waals surface area (Å²) in [6.07, 6.45) is 3.73. The molecule has 1 aliphatic heterocycles. The highest BCUT2D eigenvalue weighted by atomic mass is 19.1. The second-order valence-corrected chi connectivity index (χ2v) is 5.23. The smallest absolute Gasteiger partial charge is 0.146 e. The number of aromatic nitrogens is 1. The molecule has 1 fully saturated rings. The van der Waals surface area contributed by atoms with Crippen LogP contribution in [0.15, 0.2) is 48.8 Å². The van der Waals surface area contributed by atoms with E-state index in [4.69, 9.17) is 0 Å². The standard InChI is InChI=1S/C16H18FN3/c17-15-5-1-2-6-16(15)20-10-8-19(9-11-20)13-14-4-3-7-18-12-14/h1-7,12H,8-11,13H2/p+1. The van der Waals surface area contributed by atoms with Gasteiger partial charge < -0.3 is 9.80 Å². The molecule has 1 saturated heterocycles. The first-order valence-electron chi connectivity index (χ1n) is 7.05. The van der Waals surface area contributed by atoms with Gasteiger partial charge in [-0.1, -0.05) is 18.2 Å². The number of benzene rings is 1. The number of hydrogen-bond acceptors (Lipinski definition) is 2. The maximum absolute atomic E-state index is 13.8. The van der Waals surface area contributed by atoms with Crippen LogP contribution in [-0.4, -0.2) is 31.2 Å². The lowest BCUT2D eigenvalue weighted by atomic mass is 10.2. The van der Waals surface area contributed by atoms with Crippen molar-refractivity contribution in [2.75, 3.05) is 31.1 Å². The monoisotopic (exact) mass is 272 g/mol. The Kier molecular flexibility index (Phi) is 3.92. The molecule has 1 N–H and O–H groups in total. The van der Waals surface area contributed by atoms with E-state index in [0.29, 0.717) is 0 Å². The van der Waals surface area contributed by atoms with E-state index in [-0.39, 0.29) is 5.82 Å². The summed E-state index contributed by atoms with van der Waals surface area (Å²) in [7, 11) is 0. The minimum absolute atomic E-state index is 0.122. The summed E-state index contributed by atoms with van der Waals surface area (Å²) in [4.78, 5) is 7.82. The van der Waals surface area contributed by atoms with Gasteiger partial charge in [0.1, 0.15) is 12.4 Å². The zero-order valence-corrected chi connectivity index (χ0v) is 11.4. The lowest BCUT2D eigenvalue weighted by Gasteiger charge is -2.33. The zero-order chi connectivity index (χ0) is 13.8. The first kappa shape index (κ1) is 13.1. The number of halogens is 1. The fourth-order valence-electron chi connectivity index (χ4n) is 2.74. The highest BCUT2D eigenvalue weighted by Crippen LogP contribution is 2.18. The molecule has 0 saturated carbocycles. The predicted molar refractivity (Wildman–Crippen MR) is 77.3 cm³/mol. The lowest BCUT2D eigenvalue weighted by Crippen LogP contribution is -3.13. The topological polar surface area (TPSA) is 20.6 Å². The molecular formula is C16H19FN3+. The lowest BCUT2D eigenvalue weighted by molar-refractivity contribution is -0.914. The number of hydrogen-bond donors (Lipinski definition) is 1.